The van der Waals surface area contributed by atoms with Gasteiger partial charge in [-0.2, -0.15) is 13.2 Å². The van der Waals surface area contributed by atoms with E-state index >= 15 is 0 Å². The van der Waals surface area contributed by atoms with Gasteiger partial charge in [-0.1, -0.05) is 30.3 Å². The third-order valence-electron chi connectivity index (χ3n) is 3.25. The van der Waals surface area contributed by atoms with Crippen LogP contribution in [0.2, 0.25) is 0 Å². The molecule has 3 nitrogen and oxygen atoms in total. The van der Waals surface area contributed by atoms with Crippen LogP contribution in [0.15, 0.2) is 48.5 Å². The molecule has 0 saturated heterocycles. The highest BCUT2D eigenvalue weighted by atomic mass is 32.1. The van der Waals surface area contributed by atoms with Gasteiger partial charge in [0, 0.05) is 22.8 Å². The molecule has 7 heteroatoms. The molecule has 1 aromatic heterocycles. The number of ketones is 1. The van der Waals surface area contributed by atoms with Crippen molar-refractivity contribution in [2.75, 3.05) is 7.11 Å². The number of hydrogen-bond acceptors (Lipinski definition) is 4. The van der Waals surface area contributed by atoms with Crippen molar-refractivity contribution < 1.29 is 28.2 Å². The molecule has 0 aliphatic heterocycles. The van der Waals surface area contributed by atoms with E-state index in [1.165, 1.54) is 12.1 Å². The molecule has 0 aliphatic rings. The number of aromatic hydroxyl groups is 1. The fraction of sp³-hybridized carbons (Fsp3) is 0.118. The molecule has 2 N–H and O–H groups in total. The molecular weight excluding hydrogens is 341 g/mol. The monoisotopic (exact) mass is 354 g/mol. The fourth-order valence-corrected chi connectivity index (χ4v) is 3.29. The molecule has 0 fully saturated rings. The van der Waals surface area contributed by atoms with Crippen molar-refractivity contribution in [1.82, 2.24) is 0 Å². The quantitative estimate of drug-likeness (QED) is 0.668. The minimum absolute atomic E-state index is 0.0853. The number of rotatable bonds is 2. The van der Waals surface area contributed by atoms with E-state index in [9.17, 15) is 23.1 Å². The molecule has 0 amide bonds. The highest BCUT2D eigenvalue weighted by Crippen LogP contribution is 2.40. The van der Waals surface area contributed by atoms with Gasteiger partial charge in [-0.25, -0.2) is 0 Å². The topological polar surface area (TPSA) is 57.5 Å². The lowest BCUT2D eigenvalue weighted by Crippen LogP contribution is -2.13. The van der Waals surface area contributed by atoms with Gasteiger partial charge < -0.3 is 10.2 Å². The summed E-state index contributed by atoms with van der Waals surface area (Å²) in [6.45, 7) is 0. The number of halogens is 3. The van der Waals surface area contributed by atoms with E-state index < -0.39 is 23.1 Å². The summed E-state index contributed by atoms with van der Waals surface area (Å²) >= 11 is 0.979. The molecule has 126 valence electrons. The molecule has 0 aliphatic carbocycles. The van der Waals surface area contributed by atoms with Crippen molar-refractivity contribution in [1.29, 1.82) is 0 Å². The van der Waals surface area contributed by atoms with Crippen molar-refractivity contribution >= 4 is 27.2 Å². The van der Waals surface area contributed by atoms with Gasteiger partial charge in [0.2, 0.25) is 5.78 Å². The first-order chi connectivity index (χ1) is 11.4. The smallest absolute Gasteiger partial charge is 0.417 e. The summed E-state index contributed by atoms with van der Waals surface area (Å²) in [4.78, 5) is 12.4. The average molecular weight is 354 g/mol. The lowest BCUT2D eigenvalue weighted by atomic mass is 10.0. The Kier molecular flexibility index (Phi) is 5.26. The number of thiophene rings is 1. The van der Waals surface area contributed by atoms with E-state index in [0.29, 0.717) is 10.1 Å². The largest absolute Gasteiger partial charge is 0.506 e. The van der Waals surface area contributed by atoms with Crippen molar-refractivity contribution in [3.63, 3.8) is 0 Å². The number of aliphatic hydroxyl groups is 1. The van der Waals surface area contributed by atoms with Crippen LogP contribution >= 0.6 is 11.3 Å². The first-order valence-corrected chi connectivity index (χ1v) is 7.57. The van der Waals surface area contributed by atoms with Crippen LogP contribution in [-0.2, 0) is 6.18 Å². The number of carbonyl (C=O) groups is 1. The summed E-state index contributed by atoms with van der Waals surface area (Å²) in [5, 5.41) is 17.6. The Hall–Kier alpha value is -2.38. The van der Waals surface area contributed by atoms with E-state index in [2.05, 4.69) is 0 Å². The fourth-order valence-electron chi connectivity index (χ4n) is 2.24. The third-order valence-corrected chi connectivity index (χ3v) is 4.41. The van der Waals surface area contributed by atoms with E-state index in [1.807, 2.05) is 0 Å². The van der Waals surface area contributed by atoms with Crippen molar-refractivity contribution in [2.45, 2.75) is 6.18 Å². The Labute approximate surface area is 139 Å². The summed E-state index contributed by atoms with van der Waals surface area (Å²) in [5.74, 6) is -1.10. The summed E-state index contributed by atoms with van der Waals surface area (Å²) < 4.78 is 39.7. The summed E-state index contributed by atoms with van der Waals surface area (Å²) in [7, 11) is 1.00. The molecule has 3 aromatic rings. The van der Waals surface area contributed by atoms with E-state index in [-0.39, 0.29) is 10.6 Å². The van der Waals surface area contributed by atoms with Crippen LogP contribution in [0.4, 0.5) is 13.2 Å². The number of alkyl halides is 3. The number of carbonyl (C=O) groups excluding carboxylic acids is 1. The van der Waals surface area contributed by atoms with Crippen LogP contribution in [0.3, 0.4) is 0 Å². The maximum Gasteiger partial charge on any atom is 0.417 e. The molecule has 24 heavy (non-hydrogen) atoms. The zero-order valence-electron chi connectivity index (χ0n) is 12.5. The summed E-state index contributed by atoms with van der Waals surface area (Å²) in [5.41, 5.74) is -1.46. The second-order valence-corrected chi connectivity index (χ2v) is 5.70. The first kappa shape index (κ1) is 18.0. The number of benzene rings is 2. The highest BCUT2D eigenvalue weighted by molar-refractivity contribution is 7.21. The van der Waals surface area contributed by atoms with Crippen LogP contribution in [0.5, 0.6) is 5.75 Å². The van der Waals surface area contributed by atoms with Crippen LogP contribution in [0, 0.1) is 0 Å². The third kappa shape index (κ3) is 3.27. The summed E-state index contributed by atoms with van der Waals surface area (Å²) in [6.07, 6.45) is -4.63. The Morgan fingerprint density at radius 3 is 2.21 bits per heavy atom. The van der Waals surface area contributed by atoms with Gasteiger partial charge in [0.1, 0.15) is 10.6 Å². The van der Waals surface area contributed by atoms with Crippen LogP contribution < -0.4 is 0 Å². The van der Waals surface area contributed by atoms with Gasteiger partial charge in [0.25, 0.3) is 0 Å². The van der Waals surface area contributed by atoms with Gasteiger partial charge >= 0.3 is 6.18 Å². The SMILES string of the molecule is CO.O=C(c1ccccc1C(F)(F)F)c1sc2ccccc2c1O. The average Bonchev–Trinajstić information content (AvgIpc) is 2.92. The molecule has 0 radical (unpaired) electrons. The van der Waals surface area contributed by atoms with Crippen LogP contribution in [0.25, 0.3) is 10.1 Å². The van der Waals surface area contributed by atoms with Gasteiger partial charge in [-0.05, 0) is 18.2 Å². The zero-order chi connectivity index (χ0) is 17.9. The van der Waals surface area contributed by atoms with Gasteiger partial charge in [-0.15, -0.1) is 11.3 Å². The van der Waals surface area contributed by atoms with Crippen LogP contribution in [-0.4, -0.2) is 23.1 Å². The van der Waals surface area contributed by atoms with Crippen molar-refractivity contribution in [2.24, 2.45) is 0 Å². The number of fused-ring (bicyclic) bond motifs is 1. The van der Waals surface area contributed by atoms with Crippen molar-refractivity contribution in [3.8, 4) is 5.75 Å². The lowest BCUT2D eigenvalue weighted by molar-refractivity contribution is -0.137. The lowest BCUT2D eigenvalue weighted by Gasteiger charge is -2.11. The van der Waals surface area contributed by atoms with E-state index in [4.69, 9.17) is 5.11 Å². The van der Waals surface area contributed by atoms with Gasteiger partial charge in [-0.3, -0.25) is 4.79 Å². The standard InChI is InChI=1S/C16H9F3O2S.CH4O/c17-16(18,19)11-7-3-1-5-9(11)13(20)15-14(21)10-6-2-4-8-12(10)22-15;1-2/h1-8,21H;2H,1H3. The maximum atomic E-state index is 13.0. The Morgan fingerprint density at radius 2 is 1.58 bits per heavy atom. The van der Waals surface area contributed by atoms with Crippen LogP contribution in [0.1, 0.15) is 20.8 Å². The van der Waals surface area contributed by atoms with E-state index in [1.54, 1.807) is 24.3 Å². The first-order valence-electron chi connectivity index (χ1n) is 6.75. The molecule has 0 saturated carbocycles. The molecule has 0 bridgehead atoms. The van der Waals surface area contributed by atoms with Gasteiger partial charge in [0.05, 0.1) is 5.56 Å². The Bertz CT molecular complexity index is 869. The molecular formula is C17H13F3O3S. The summed E-state index contributed by atoms with van der Waals surface area (Å²) in [6, 6.07) is 11.3. The normalized spacial score (nSPS) is 11.0. The highest BCUT2D eigenvalue weighted by Gasteiger charge is 2.35. The minimum Gasteiger partial charge on any atom is -0.506 e. The molecule has 2 aromatic carbocycles. The zero-order valence-corrected chi connectivity index (χ0v) is 13.3. The minimum atomic E-state index is -4.63. The maximum absolute atomic E-state index is 13.0. The number of hydrogen-bond donors (Lipinski definition) is 2. The Balaban J connectivity index is 0.00000100. The predicted octanol–water partition coefficient (Wildman–Crippen LogP) is 4.47. The molecule has 3 rings (SSSR count). The molecule has 0 unspecified atom stereocenters. The second kappa shape index (κ2) is 7.02. The molecule has 0 spiro atoms. The Morgan fingerprint density at radius 1 is 1.00 bits per heavy atom. The number of aliphatic hydroxyl groups excluding tert-OH is 1. The molecule has 1 heterocycles. The van der Waals surface area contributed by atoms with Crippen molar-refractivity contribution in [3.05, 3.63) is 64.5 Å². The second-order valence-electron chi connectivity index (χ2n) is 4.65. The predicted molar refractivity (Wildman–Crippen MR) is 86.5 cm³/mol. The molecule has 0 atom stereocenters. The van der Waals surface area contributed by atoms with Gasteiger partial charge in [0.15, 0.2) is 0 Å². The van der Waals surface area contributed by atoms with E-state index in [0.717, 1.165) is 30.6 Å².